The molecule has 2 aliphatic rings. The van der Waals surface area contributed by atoms with E-state index in [9.17, 15) is 19.2 Å². The summed E-state index contributed by atoms with van der Waals surface area (Å²) in [5.41, 5.74) is 2.76. The number of hydrogen-bond donors (Lipinski definition) is 4. The summed E-state index contributed by atoms with van der Waals surface area (Å²) in [4.78, 5) is 54.5. The highest BCUT2D eigenvalue weighted by atomic mass is 16.2. The molecule has 3 heterocycles. The maximum Gasteiger partial charge on any atom is 0.274 e. The van der Waals surface area contributed by atoms with Crippen molar-refractivity contribution in [3.8, 4) is 0 Å². The van der Waals surface area contributed by atoms with Crippen LogP contribution < -0.4 is 16.0 Å². The summed E-state index contributed by atoms with van der Waals surface area (Å²) in [6, 6.07) is 7.44. The van der Waals surface area contributed by atoms with Crippen molar-refractivity contribution in [2.45, 2.75) is 25.4 Å². The Hall–Kier alpha value is -4.08. The molecule has 0 saturated carbocycles. The molecule has 0 radical (unpaired) electrons. The van der Waals surface area contributed by atoms with Crippen molar-refractivity contribution in [1.82, 2.24) is 15.2 Å². The maximum atomic E-state index is 12.7. The summed E-state index contributed by atoms with van der Waals surface area (Å²) in [5, 5.41) is 15.4. The number of aromatic nitrogens is 1. The predicted octanol–water partition coefficient (Wildman–Crippen LogP) is 1.13. The van der Waals surface area contributed by atoms with Gasteiger partial charge in [0.1, 0.15) is 17.4 Å². The zero-order valence-electron chi connectivity index (χ0n) is 16.7. The number of nitrogens with zero attached hydrogens (tertiary/aromatic N) is 2. The number of rotatable bonds is 5. The zero-order valence-corrected chi connectivity index (χ0v) is 16.7. The van der Waals surface area contributed by atoms with Gasteiger partial charge in [-0.1, -0.05) is 0 Å². The molecular formula is C21H20N6O4. The van der Waals surface area contributed by atoms with E-state index in [-0.39, 0.29) is 36.9 Å². The van der Waals surface area contributed by atoms with Crippen molar-refractivity contribution in [1.29, 1.82) is 5.41 Å². The van der Waals surface area contributed by atoms with Gasteiger partial charge in [0.05, 0.1) is 5.69 Å². The summed E-state index contributed by atoms with van der Waals surface area (Å²) in [7, 11) is 1.70. The molecule has 158 valence electrons. The summed E-state index contributed by atoms with van der Waals surface area (Å²) in [6.07, 6.45) is 1.54. The predicted molar refractivity (Wildman–Crippen MR) is 112 cm³/mol. The first-order valence-electron chi connectivity index (χ1n) is 9.69. The molecule has 10 nitrogen and oxygen atoms in total. The smallest absolute Gasteiger partial charge is 0.274 e. The van der Waals surface area contributed by atoms with E-state index < -0.39 is 17.9 Å². The summed E-state index contributed by atoms with van der Waals surface area (Å²) >= 11 is 0. The molecule has 0 aliphatic carbocycles. The lowest BCUT2D eigenvalue weighted by Gasteiger charge is -2.29. The molecular weight excluding hydrogens is 400 g/mol. The van der Waals surface area contributed by atoms with Gasteiger partial charge in [-0.3, -0.25) is 24.5 Å². The minimum absolute atomic E-state index is 0.152. The van der Waals surface area contributed by atoms with Gasteiger partial charge in [0.2, 0.25) is 11.8 Å². The van der Waals surface area contributed by atoms with Crippen molar-refractivity contribution in [3.05, 3.63) is 52.8 Å². The van der Waals surface area contributed by atoms with Gasteiger partial charge in [0.25, 0.3) is 11.8 Å². The molecule has 2 aliphatic heterocycles. The average molecular weight is 420 g/mol. The van der Waals surface area contributed by atoms with Crippen LogP contribution >= 0.6 is 0 Å². The topological polar surface area (TPSA) is 144 Å². The number of fused-ring (bicyclic) bond motifs is 1. The lowest BCUT2D eigenvalue weighted by atomic mass is 10.0. The van der Waals surface area contributed by atoms with Crippen LogP contribution in [0.1, 0.15) is 44.9 Å². The molecule has 4 amide bonds. The molecule has 1 saturated heterocycles. The van der Waals surface area contributed by atoms with E-state index in [2.05, 4.69) is 20.9 Å². The van der Waals surface area contributed by atoms with Gasteiger partial charge < -0.3 is 20.9 Å². The Kier molecular flexibility index (Phi) is 5.20. The van der Waals surface area contributed by atoms with Gasteiger partial charge in [0.15, 0.2) is 0 Å². The van der Waals surface area contributed by atoms with Gasteiger partial charge >= 0.3 is 0 Å². The second kappa shape index (κ2) is 7.98. The van der Waals surface area contributed by atoms with E-state index in [0.717, 1.165) is 6.21 Å². The molecule has 1 fully saturated rings. The molecule has 31 heavy (non-hydrogen) atoms. The monoisotopic (exact) mass is 420 g/mol. The number of amides is 4. The third kappa shape index (κ3) is 3.75. The standard InChI is InChI=1S/C21H20N6O4/c1-23-14-4-5-15(25-16(14)9-22)19(29)24-12-2-3-13-11(8-12)10-27(21(13)31)17-6-7-18(28)26-20(17)30/h2-5,8-9,17,22-23H,6-7,10H2,1H3,(H,24,29)(H,26,28,30). The van der Waals surface area contributed by atoms with Crippen molar-refractivity contribution < 1.29 is 19.2 Å². The number of pyridine rings is 1. The summed E-state index contributed by atoms with van der Waals surface area (Å²) < 4.78 is 0. The molecule has 10 heteroatoms. The molecule has 0 spiro atoms. The first-order valence-corrected chi connectivity index (χ1v) is 9.69. The van der Waals surface area contributed by atoms with E-state index in [1.807, 2.05) is 0 Å². The van der Waals surface area contributed by atoms with E-state index in [0.29, 0.717) is 28.2 Å². The highest BCUT2D eigenvalue weighted by Crippen LogP contribution is 2.29. The maximum absolute atomic E-state index is 12.7. The fourth-order valence-corrected chi connectivity index (χ4v) is 3.77. The second-order valence-corrected chi connectivity index (χ2v) is 7.25. The Bertz CT molecular complexity index is 1130. The molecule has 1 atom stereocenters. The Balaban J connectivity index is 1.51. The summed E-state index contributed by atoms with van der Waals surface area (Å²) in [6.45, 7) is 0.219. The molecule has 4 rings (SSSR count). The SMILES string of the molecule is CNc1ccc(C(=O)Nc2ccc3c(c2)CN(C2CCC(=O)NC2=O)C3=O)nc1C=N. The Morgan fingerprint density at radius 1 is 1.26 bits per heavy atom. The van der Waals surface area contributed by atoms with Crippen LogP contribution in [0.2, 0.25) is 0 Å². The minimum atomic E-state index is -0.690. The molecule has 0 bridgehead atoms. The minimum Gasteiger partial charge on any atom is -0.386 e. The largest absolute Gasteiger partial charge is 0.386 e. The van der Waals surface area contributed by atoms with Crippen molar-refractivity contribution in [2.24, 2.45) is 0 Å². The third-order valence-electron chi connectivity index (χ3n) is 5.34. The van der Waals surface area contributed by atoms with Crippen molar-refractivity contribution >= 4 is 41.2 Å². The highest BCUT2D eigenvalue weighted by molar-refractivity contribution is 6.07. The van der Waals surface area contributed by atoms with Crippen molar-refractivity contribution in [3.63, 3.8) is 0 Å². The summed E-state index contributed by atoms with van der Waals surface area (Å²) in [5.74, 6) is -1.53. The van der Waals surface area contributed by atoms with Crippen LogP contribution in [0.5, 0.6) is 0 Å². The highest BCUT2D eigenvalue weighted by Gasteiger charge is 2.39. The van der Waals surface area contributed by atoms with E-state index >= 15 is 0 Å². The molecule has 4 N–H and O–H groups in total. The third-order valence-corrected chi connectivity index (χ3v) is 5.34. The normalized spacial score (nSPS) is 17.8. The molecule has 1 unspecified atom stereocenters. The fraction of sp³-hybridized carbons (Fsp3) is 0.238. The van der Waals surface area contributed by atoms with Crippen LogP contribution in [0.25, 0.3) is 0 Å². The number of benzene rings is 1. The Labute approximate surface area is 177 Å². The first-order chi connectivity index (χ1) is 14.9. The van der Waals surface area contributed by atoms with Crippen molar-refractivity contribution in [2.75, 3.05) is 17.7 Å². The Morgan fingerprint density at radius 2 is 2.06 bits per heavy atom. The zero-order chi connectivity index (χ0) is 22.1. The number of piperidine rings is 1. The van der Waals surface area contributed by atoms with Crippen LogP contribution in [0.3, 0.4) is 0 Å². The quantitative estimate of drug-likeness (QED) is 0.422. The van der Waals surface area contributed by atoms with Gasteiger partial charge in [-0.15, -0.1) is 0 Å². The van der Waals surface area contributed by atoms with Gasteiger partial charge in [-0.05, 0) is 42.3 Å². The van der Waals surface area contributed by atoms with Crippen LogP contribution in [-0.4, -0.2) is 52.8 Å². The number of nitrogens with one attached hydrogen (secondary N) is 4. The number of imide groups is 1. The molecule has 2 aromatic rings. The van der Waals surface area contributed by atoms with Crippen LogP contribution in [0, 0.1) is 5.41 Å². The van der Waals surface area contributed by atoms with E-state index in [1.54, 1.807) is 37.4 Å². The number of hydrogen-bond acceptors (Lipinski definition) is 7. The van der Waals surface area contributed by atoms with E-state index in [4.69, 9.17) is 5.41 Å². The van der Waals surface area contributed by atoms with Gasteiger partial charge in [-0.25, -0.2) is 4.98 Å². The second-order valence-electron chi connectivity index (χ2n) is 7.25. The lowest BCUT2D eigenvalue weighted by Crippen LogP contribution is -2.52. The van der Waals surface area contributed by atoms with Crippen LogP contribution in [0.4, 0.5) is 11.4 Å². The molecule has 1 aromatic heterocycles. The number of anilines is 2. The first kappa shape index (κ1) is 20.2. The lowest BCUT2D eigenvalue weighted by molar-refractivity contribution is -0.136. The average Bonchev–Trinajstić information content (AvgIpc) is 3.08. The fourth-order valence-electron chi connectivity index (χ4n) is 3.77. The Morgan fingerprint density at radius 3 is 2.77 bits per heavy atom. The number of carbonyl (C=O) groups is 4. The number of carbonyl (C=O) groups excluding carboxylic acids is 4. The van der Waals surface area contributed by atoms with Gasteiger partial charge in [-0.2, -0.15) is 0 Å². The van der Waals surface area contributed by atoms with Crippen LogP contribution in [-0.2, 0) is 16.1 Å². The van der Waals surface area contributed by atoms with E-state index in [1.165, 1.54) is 4.90 Å². The molecule has 1 aromatic carbocycles. The van der Waals surface area contributed by atoms with Gasteiger partial charge in [0, 0.05) is 37.5 Å². The van der Waals surface area contributed by atoms with Crippen LogP contribution in [0.15, 0.2) is 30.3 Å².